The number of rotatable bonds is 4. The Hall–Kier alpha value is -5.53. The molecule has 1 aromatic heterocycles. The van der Waals surface area contributed by atoms with Crippen molar-refractivity contribution in [3.05, 3.63) is 164 Å². The SMILES string of the molecule is c1ccc(-c2cc(-c3ccccc3)cc(-c3c4ccccc4c(-c4ccccc4)c4c3cnc3ccccc34)c2)cc1. The minimum atomic E-state index is 1.01. The van der Waals surface area contributed by atoms with Gasteiger partial charge in [-0.2, -0.15) is 0 Å². The molecule has 0 aliphatic heterocycles. The fourth-order valence-corrected chi connectivity index (χ4v) is 6.38. The Kier molecular flexibility index (Phi) is 5.86. The molecule has 0 N–H and O–H groups in total. The van der Waals surface area contributed by atoms with E-state index in [9.17, 15) is 0 Å². The molecule has 0 spiro atoms. The van der Waals surface area contributed by atoms with E-state index in [2.05, 4.69) is 164 Å². The number of para-hydroxylation sites is 1. The van der Waals surface area contributed by atoms with Gasteiger partial charge in [0.2, 0.25) is 0 Å². The first-order valence-electron chi connectivity index (χ1n) is 14.4. The van der Waals surface area contributed by atoms with Crippen LogP contribution < -0.4 is 0 Å². The third kappa shape index (κ3) is 4.06. The summed E-state index contributed by atoms with van der Waals surface area (Å²) in [6.45, 7) is 0. The number of hydrogen-bond donors (Lipinski definition) is 0. The van der Waals surface area contributed by atoms with Crippen molar-refractivity contribution in [2.24, 2.45) is 0 Å². The highest BCUT2D eigenvalue weighted by Gasteiger charge is 2.20. The zero-order valence-electron chi connectivity index (χ0n) is 23.0. The molecule has 0 amide bonds. The predicted molar refractivity (Wildman–Crippen MR) is 178 cm³/mol. The van der Waals surface area contributed by atoms with Gasteiger partial charge in [-0.1, -0.05) is 133 Å². The van der Waals surface area contributed by atoms with Crippen molar-refractivity contribution in [1.82, 2.24) is 4.98 Å². The maximum absolute atomic E-state index is 5.00. The topological polar surface area (TPSA) is 12.9 Å². The minimum Gasteiger partial charge on any atom is -0.256 e. The van der Waals surface area contributed by atoms with Crippen molar-refractivity contribution in [2.75, 3.05) is 0 Å². The highest BCUT2D eigenvalue weighted by atomic mass is 14.6. The van der Waals surface area contributed by atoms with E-state index >= 15 is 0 Å². The summed E-state index contributed by atoms with van der Waals surface area (Å²) in [5, 5.41) is 6.05. The van der Waals surface area contributed by atoms with Crippen LogP contribution in [0.2, 0.25) is 0 Å². The molecular weight excluding hydrogens is 506 g/mol. The second-order valence-corrected chi connectivity index (χ2v) is 10.8. The number of aromatic nitrogens is 1. The van der Waals surface area contributed by atoms with Gasteiger partial charge in [-0.15, -0.1) is 0 Å². The lowest BCUT2D eigenvalue weighted by Gasteiger charge is -2.20. The summed E-state index contributed by atoms with van der Waals surface area (Å²) < 4.78 is 0. The van der Waals surface area contributed by atoms with Crippen LogP contribution in [0.15, 0.2) is 164 Å². The summed E-state index contributed by atoms with van der Waals surface area (Å²) in [4.78, 5) is 5.00. The average molecular weight is 534 g/mol. The molecule has 0 radical (unpaired) electrons. The van der Waals surface area contributed by atoms with Crippen molar-refractivity contribution < 1.29 is 0 Å². The van der Waals surface area contributed by atoms with Crippen LogP contribution in [0.3, 0.4) is 0 Å². The maximum Gasteiger partial charge on any atom is 0.0708 e. The largest absolute Gasteiger partial charge is 0.256 e. The number of nitrogens with zero attached hydrogens (tertiary/aromatic N) is 1. The minimum absolute atomic E-state index is 1.01. The van der Waals surface area contributed by atoms with Crippen LogP contribution in [0, 0.1) is 0 Å². The first kappa shape index (κ1) is 24.3. The Balaban J connectivity index is 1.55. The summed E-state index contributed by atoms with van der Waals surface area (Å²) in [5.41, 5.74) is 10.7. The van der Waals surface area contributed by atoms with E-state index in [0.29, 0.717) is 0 Å². The quantitative estimate of drug-likeness (QED) is 0.162. The van der Waals surface area contributed by atoms with Crippen molar-refractivity contribution in [3.8, 4) is 44.5 Å². The second kappa shape index (κ2) is 10.1. The smallest absolute Gasteiger partial charge is 0.0708 e. The van der Waals surface area contributed by atoms with Crippen LogP contribution in [0.1, 0.15) is 0 Å². The van der Waals surface area contributed by atoms with Gasteiger partial charge in [0, 0.05) is 22.4 Å². The Bertz CT molecular complexity index is 2160. The van der Waals surface area contributed by atoms with Gasteiger partial charge in [-0.3, -0.25) is 4.98 Å². The van der Waals surface area contributed by atoms with Gasteiger partial charge in [0.25, 0.3) is 0 Å². The van der Waals surface area contributed by atoms with Gasteiger partial charge in [-0.25, -0.2) is 0 Å². The van der Waals surface area contributed by atoms with Gasteiger partial charge < -0.3 is 0 Å². The monoisotopic (exact) mass is 533 g/mol. The third-order valence-corrected chi connectivity index (χ3v) is 8.26. The van der Waals surface area contributed by atoms with Crippen molar-refractivity contribution in [2.45, 2.75) is 0 Å². The van der Waals surface area contributed by atoms with E-state index in [1.54, 1.807) is 0 Å². The van der Waals surface area contributed by atoms with E-state index in [1.807, 2.05) is 0 Å². The molecule has 1 heterocycles. The van der Waals surface area contributed by atoms with Crippen LogP contribution in [-0.2, 0) is 0 Å². The molecule has 196 valence electrons. The molecule has 8 rings (SSSR count). The molecule has 42 heavy (non-hydrogen) atoms. The lowest BCUT2D eigenvalue weighted by molar-refractivity contribution is 1.45. The molecule has 0 unspecified atom stereocenters. The Labute approximate surface area is 245 Å². The van der Waals surface area contributed by atoms with Gasteiger partial charge in [0.15, 0.2) is 0 Å². The molecule has 0 saturated carbocycles. The molecule has 0 aliphatic rings. The Morgan fingerprint density at radius 3 is 1.36 bits per heavy atom. The highest BCUT2D eigenvalue weighted by Crippen LogP contribution is 2.46. The van der Waals surface area contributed by atoms with Crippen LogP contribution in [0.5, 0.6) is 0 Å². The fourth-order valence-electron chi connectivity index (χ4n) is 6.38. The van der Waals surface area contributed by atoms with E-state index in [-0.39, 0.29) is 0 Å². The molecule has 0 fully saturated rings. The molecule has 0 atom stereocenters. The molecule has 1 heteroatoms. The van der Waals surface area contributed by atoms with Crippen molar-refractivity contribution in [1.29, 1.82) is 0 Å². The van der Waals surface area contributed by atoms with E-state index in [4.69, 9.17) is 4.98 Å². The van der Waals surface area contributed by atoms with Gasteiger partial charge in [-0.05, 0) is 79.5 Å². The van der Waals surface area contributed by atoms with Crippen molar-refractivity contribution in [3.63, 3.8) is 0 Å². The second-order valence-electron chi connectivity index (χ2n) is 10.8. The van der Waals surface area contributed by atoms with Gasteiger partial charge >= 0.3 is 0 Å². The summed E-state index contributed by atoms with van der Waals surface area (Å²) in [7, 11) is 0. The van der Waals surface area contributed by atoms with Gasteiger partial charge in [0.1, 0.15) is 0 Å². The number of fused-ring (bicyclic) bond motifs is 4. The predicted octanol–water partition coefficient (Wildman–Crippen LogP) is 11.2. The van der Waals surface area contributed by atoms with Gasteiger partial charge in [0.05, 0.1) is 5.52 Å². The van der Waals surface area contributed by atoms with Crippen LogP contribution >= 0.6 is 0 Å². The Morgan fingerprint density at radius 1 is 0.310 bits per heavy atom. The summed E-state index contributed by atoms with van der Waals surface area (Å²) in [6, 6.07) is 56.5. The standard InChI is InChI=1S/C41H27N/c1-4-14-28(15-5-1)31-24-32(29-16-6-2-7-17-29)26-33(25-31)39-34-20-10-11-21-35(34)40(30-18-8-3-9-19-30)41-36-22-12-13-23-38(36)42-27-37(39)41/h1-27H. The zero-order chi connectivity index (χ0) is 27.9. The van der Waals surface area contributed by atoms with Crippen LogP contribution in [0.25, 0.3) is 77.0 Å². The summed E-state index contributed by atoms with van der Waals surface area (Å²) in [6.07, 6.45) is 2.09. The first-order valence-corrected chi connectivity index (χ1v) is 14.4. The number of benzene rings is 7. The lowest BCUT2D eigenvalue weighted by atomic mass is 9.84. The maximum atomic E-state index is 5.00. The molecule has 1 nitrogen and oxygen atoms in total. The van der Waals surface area contributed by atoms with Crippen LogP contribution in [-0.4, -0.2) is 4.98 Å². The molecule has 0 saturated heterocycles. The lowest BCUT2D eigenvalue weighted by Crippen LogP contribution is -1.94. The van der Waals surface area contributed by atoms with Crippen LogP contribution in [0.4, 0.5) is 0 Å². The molecule has 7 aromatic carbocycles. The number of hydrogen-bond acceptors (Lipinski definition) is 1. The normalized spacial score (nSPS) is 11.3. The fraction of sp³-hybridized carbons (Fsp3) is 0. The number of pyridine rings is 1. The van der Waals surface area contributed by atoms with E-state index in [0.717, 1.165) is 10.9 Å². The van der Waals surface area contributed by atoms with Crippen molar-refractivity contribution >= 4 is 32.4 Å². The Morgan fingerprint density at radius 2 is 0.762 bits per heavy atom. The molecular formula is C41H27N. The van der Waals surface area contributed by atoms with E-state index < -0.39 is 0 Å². The van der Waals surface area contributed by atoms with E-state index in [1.165, 1.54) is 66.1 Å². The highest BCUT2D eigenvalue weighted by molar-refractivity contribution is 6.27. The zero-order valence-corrected chi connectivity index (χ0v) is 23.0. The molecule has 8 aromatic rings. The molecule has 0 aliphatic carbocycles. The summed E-state index contributed by atoms with van der Waals surface area (Å²) >= 11 is 0. The molecule has 0 bridgehead atoms. The first-order chi connectivity index (χ1) is 20.8. The average Bonchev–Trinajstić information content (AvgIpc) is 3.08. The summed E-state index contributed by atoms with van der Waals surface area (Å²) in [5.74, 6) is 0. The third-order valence-electron chi connectivity index (χ3n) is 8.26.